The molecule has 2 heterocycles. The summed E-state index contributed by atoms with van der Waals surface area (Å²) in [4.78, 5) is 2.41. The Bertz CT molecular complexity index is 1350. The molecule has 162 valence electrons. The lowest BCUT2D eigenvalue weighted by Gasteiger charge is -2.33. The minimum Gasteiger partial charge on any atom is -0.344 e. The molecule has 1 aliphatic carbocycles. The molecule has 0 N–H and O–H groups in total. The number of hydrogen-bond donors (Lipinski definition) is 0. The van der Waals surface area contributed by atoms with Crippen LogP contribution in [0.1, 0.15) is 32.3 Å². The summed E-state index contributed by atoms with van der Waals surface area (Å²) in [6, 6.07) is 10.7. The van der Waals surface area contributed by atoms with Gasteiger partial charge < -0.3 is 4.90 Å². The fraction of sp³-hybridized carbons (Fsp3) is 0.200. The number of thiophene rings is 1. The lowest BCUT2D eigenvalue weighted by Crippen LogP contribution is -2.42. The van der Waals surface area contributed by atoms with Gasteiger partial charge in [-0.1, -0.05) is 86.0 Å². The molecule has 0 radical (unpaired) electrons. The van der Waals surface area contributed by atoms with Crippen LogP contribution in [0.2, 0.25) is 0 Å². The van der Waals surface area contributed by atoms with E-state index in [1.807, 2.05) is 17.4 Å². The van der Waals surface area contributed by atoms with Crippen molar-refractivity contribution in [2.75, 3.05) is 6.54 Å². The van der Waals surface area contributed by atoms with Crippen LogP contribution in [0, 0.1) is 5.92 Å². The first kappa shape index (κ1) is 22.1. The molecule has 1 atom stereocenters. The van der Waals surface area contributed by atoms with Gasteiger partial charge in [-0.2, -0.15) is 0 Å². The summed E-state index contributed by atoms with van der Waals surface area (Å²) in [6.45, 7) is 13.3. The van der Waals surface area contributed by atoms with E-state index in [0.29, 0.717) is 5.92 Å². The zero-order valence-corrected chi connectivity index (χ0v) is 19.9. The second kappa shape index (κ2) is 10.0. The molecule has 1 aromatic carbocycles. The van der Waals surface area contributed by atoms with Gasteiger partial charge in [-0.3, -0.25) is 0 Å². The summed E-state index contributed by atoms with van der Waals surface area (Å²) in [5, 5.41) is 2.54. The molecule has 4 rings (SSSR count). The van der Waals surface area contributed by atoms with Crippen molar-refractivity contribution in [2.45, 2.75) is 26.7 Å². The molecular weight excluding hydrogens is 406 g/mol. The predicted molar refractivity (Wildman–Crippen MR) is 142 cm³/mol. The van der Waals surface area contributed by atoms with Crippen LogP contribution < -0.4 is 19.5 Å². The van der Waals surface area contributed by atoms with Gasteiger partial charge in [0.05, 0.1) is 0 Å². The Kier molecular flexibility index (Phi) is 6.92. The fourth-order valence-corrected chi connectivity index (χ4v) is 5.82. The molecule has 2 heteroatoms. The standard InChI is InChI=1S/C30H31NS/c1-5-8-13-24-16-18-27-26(12-6-2)22(4)32-30(27)29(24)28-19-17-25(21-31(28)20-7-3)23-14-10-9-11-15-23/h5-12,14-15,17-20,24H,2,4,13,16,21H2,1,3H3/b8-5?,20-7?,26-12+. The van der Waals surface area contributed by atoms with Crippen LogP contribution in [0.4, 0.5) is 0 Å². The normalized spacial score (nSPS) is 19.2. The van der Waals surface area contributed by atoms with Crippen LogP contribution in [0.25, 0.3) is 29.9 Å². The van der Waals surface area contributed by atoms with Crippen LogP contribution in [0.3, 0.4) is 0 Å². The summed E-state index contributed by atoms with van der Waals surface area (Å²) >= 11 is 1.82. The Morgan fingerprint density at radius 1 is 1.12 bits per heavy atom. The van der Waals surface area contributed by atoms with Gasteiger partial charge in [-0.15, -0.1) is 11.3 Å². The quantitative estimate of drug-likeness (QED) is 0.584. The summed E-state index contributed by atoms with van der Waals surface area (Å²) in [5.74, 6) is 0.457. The Morgan fingerprint density at radius 3 is 2.66 bits per heavy atom. The molecule has 0 amide bonds. The first-order valence-corrected chi connectivity index (χ1v) is 12.1. The Balaban J connectivity index is 1.97. The minimum absolute atomic E-state index is 0.457. The van der Waals surface area contributed by atoms with E-state index in [0.717, 1.165) is 23.9 Å². The first-order chi connectivity index (χ1) is 15.7. The molecule has 0 fully saturated rings. The molecule has 2 aromatic rings. The molecule has 0 saturated heterocycles. The number of hydrogen-bond acceptors (Lipinski definition) is 2. The monoisotopic (exact) mass is 437 g/mol. The van der Waals surface area contributed by atoms with Crippen molar-refractivity contribution in [1.29, 1.82) is 0 Å². The number of fused-ring (bicyclic) bond motifs is 1. The molecule has 1 nitrogen and oxygen atoms in total. The third kappa shape index (κ3) is 4.28. The maximum Gasteiger partial charge on any atom is 0.0481 e. The van der Waals surface area contributed by atoms with E-state index in [1.54, 1.807) is 0 Å². The molecule has 1 aromatic heterocycles. The van der Waals surface area contributed by atoms with E-state index in [1.165, 1.54) is 37.4 Å². The first-order valence-electron chi connectivity index (χ1n) is 11.3. The number of benzene rings is 1. The van der Waals surface area contributed by atoms with Crippen molar-refractivity contribution in [3.63, 3.8) is 0 Å². The van der Waals surface area contributed by atoms with E-state index in [-0.39, 0.29) is 0 Å². The zero-order valence-electron chi connectivity index (χ0n) is 19.1. The van der Waals surface area contributed by atoms with Gasteiger partial charge in [-0.05, 0) is 65.8 Å². The lowest BCUT2D eigenvalue weighted by molar-refractivity contribution is 0.522. The van der Waals surface area contributed by atoms with Gasteiger partial charge in [0, 0.05) is 27.5 Å². The van der Waals surface area contributed by atoms with Crippen LogP contribution in [0.5, 0.6) is 0 Å². The van der Waals surface area contributed by atoms with Gasteiger partial charge in [0.2, 0.25) is 0 Å². The second-order valence-corrected chi connectivity index (χ2v) is 9.26. The average Bonchev–Trinajstić information content (AvgIpc) is 3.13. The predicted octanol–water partition coefficient (Wildman–Crippen LogP) is 4.86. The number of rotatable bonds is 6. The summed E-state index contributed by atoms with van der Waals surface area (Å²) in [6.07, 6.45) is 21.9. The number of nitrogens with zero attached hydrogens (tertiary/aromatic N) is 1. The SMILES string of the molecule is C=C/C=c1\c(=C)sc2c1=CCC(CC=CC)C=2C1=CC=C(c2ccccc2)CN1C=CC. The van der Waals surface area contributed by atoms with Crippen LogP contribution in [-0.2, 0) is 0 Å². The average molecular weight is 438 g/mol. The van der Waals surface area contributed by atoms with Crippen LogP contribution >= 0.6 is 11.3 Å². The van der Waals surface area contributed by atoms with E-state index in [9.17, 15) is 0 Å². The van der Waals surface area contributed by atoms with Gasteiger partial charge >= 0.3 is 0 Å². The highest BCUT2D eigenvalue weighted by Gasteiger charge is 2.26. The van der Waals surface area contributed by atoms with Gasteiger partial charge in [0.25, 0.3) is 0 Å². The van der Waals surface area contributed by atoms with Crippen molar-refractivity contribution in [2.24, 2.45) is 5.92 Å². The molecule has 2 aliphatic rings. The largest absolute Gasteiger partial charge is 0.344 e. The molecule has 1 aliphatic heterocycles. The summed E-state index contributed by atoms with van der Waals surface area (Å²) in [7, 11) is 0. The van der Waals surface area contributed by atoms with Crippen molar-refractivity contribution in [1.82, 2.24) is 4.90 Å². The van der Waals surface area contributed by atoms with E-state index < -0.39 is 0 Å². The Labute approximate surface area is 195 Å². The minimum atomic E-state index is 0.457. The van der Waals surface area contributed by atoms with E-state index in [2.05, 4.69) is 111 Å². The molecule has 32 heavy (non-hydrogen) atoms. The van der Waals surface area contributed by atoms with E-state index >= 15 is 0 Å². The second-order valence-electron chi connectivity index (χ2n) is 8.16. The van der Waals surface area contributed by atoms with Crippen molar-refractivity contribution >= 4 is 41.2 Å². The zero-order chi connectivity index (χ0) is 22.5. The van der Waals surface area contributed by atoms with Crippen LogP contribution in [0.15, 0.2) is 85.3 Å². The van der Waals surface area contributed by atoms with Crippen molar-refractivity contribution in [3.8, 4) is 0 Å². The molecule has 1 unspecified atom stereocenters. The van der Waals surface area contributed by atoms with Crippen molar-refractivity contribution in [3.05, 3.63) is 110 Å². The maximum atomic E-state index is 4.35. The smallest absolute Gasteiger partial charge is 0.0481 e. The lowest BCUT2D eigenvalue weighted by atomic mass is 9.85. The van der Waals surface area contributed by atoms with Gasteiger partial charge in [-0.25, -0.2) is 0 Å². The highest BCUT2D eigenvalue weighted by Crippen LogP contribution is 2.34. The fourth-order valence-electron chi connectivity index (χ4n) is 4.61. The van der Waals surface area contributed by atoms with Gasteiger partial charge in [0.1, 0.15) is 0 Å². The topological polar surface area (TPSA) is 3.24 Å². The highest BCUT2D eigenvalue weighted by molar-refractivity contribution is 7.07. The third-order valence-corrected chi connectivity index (χ3v) is 7.21. The molecule has 0 spiro atoms. The maximum absolute atomic E-state index is 4.35. The molecular formula is C30H31NS. The summed E-state index contributed by atoms with van der Waals surface area (Å²) in [5.41, 5.74) is 5.37. The number of allylic oxidation sites excluding steroid dienone is 7. The van der Waals surface area contributed by atoms with Crippen molar-refractivity contribution < 1.29 is 0 Å². The van der Waals surface area contributed by atoms with E-state index in [4.69, 9.17) is 0 Å². The molecule has 0 saturated carbocycles. The van der Waals surface area contributed by atoms with Crippen LogP contribution in [-0.4, -0.2) is 11.4 Å². The molecule has 0 bridgehead atoms. The third-order valence-electron chi connectivity index (χ3n) is 6.10. The Hall–Kier alpha value is -3.10. The highest BCUT2D eigenvalue weighted by atomic mass is 32.1. The Morgan fingerprint density at radius 2 is 1.94 bits per heavy atom. The van der Waals surface area contributed by atoms with Gasteiger partial charge in [0.15, 0.2) is 0 Å². The summed E-state index contributed by atoms with van der Waals surface area (Å²) < 4.78 is 2.48.